The van der Waals surface area contributed by atoms with E-state index in [9.17, 15) is 23.9 Å². The van der Waals surface area contributed by atoms with Gasteiger partial charge in [0.2, 0.25) is 5.88 Å². The number of carbonyl (C=O) groups is 1. The molecule has 2 aromatic heterocycles. The molecule has 15 heteroatoms. The quantitative estimate of drug-likeness (QED) is 0.346. The molecule has 3 aliphatic heterocycles. The molecule has 3 saturated heterocycles. The minimum atomic E-state index is -3.38. The van der Waals surface area contributed by atoms with Crippen LogP contribution >= 0.6 is 0 Å². The maximum absolute atomic E-state index is 14.9. The van der Waals surface area contributed by atoms with Crippen LogP contribution in [0.3, 0.4) is 0 Å². The highest BCUT2D eigenvalue weighted by Crippen LogP contribution is 2.35. The fraction of sp³-hybridized carbons (Fsp3) is 0.485. The number of piperidine rings is 1. The molecule has 13 nitrogen and oxygen atoms in total. The summed E-state index contributed by atoms with van der Waals surface area (Å²) in [4.78, 5) is 31.1. The normalized spacial score (nSPS) is 21.9. The second kappa shape index (κ2) is 13.8. The first-order chi connectivity index (χ1) is 23.1. The number of nitriles is 1. The van der Waals surface area contributed by atoms with Gasteiger partial charge in [-0.2, -0.15) is 10.2 Å². The van der Waals surface area contributed by atoms with Gasteiger partial charge in [0.15, 0.2) is 6.10 Å². The van der Waals surface area contributed by atoms with Crippen molar-refractivity contribution in [1.29, 1.82) is 5.26 Å². The maximum atomic E-state index is 14.9. The Labute approximate surface area is 277 Å². The Balaban J connectivity index is 1.13. The zero-order valence-corrected chi connectivity index (χ0v) is 27.0. The first-order valence-corrected chi connectivity index (χ1v) is 15.8. The highest BCUT2D eigenvalue weighted by atomic mass is 19.3. The van der Waals surface area contributed by atoms with Crippen LogP contribution in [-0.4, -0.2) is 119 Å². The molecule has 0 spiro atoms. The van der Waals surface area contributed by atoms with E-state index in [0.717, 1.165) is 43.4 Å². The van der Waals surface area contributed by atoms with Crippen molar-refractivity contribution in [2.75, 3.05) is 63.3 Å². The lowest BCUT2D eigenvalue weighted by atomic mass is 10.0. The second-order valence-electron chi connectivity index (χ2n) is 12.3. The topological polar surface area (TPSA) is 149 Å². The van der Waals surface area contributed by atoms with Crippen LogP contribution in [0.4, 0.5) is 26.1 Å². The predicted octanol–water partition coefficient (Wildman–Crippen LogP) is 3.07. The van der Waals surface area contributed by atoms with Crippen molar-refractivity contribution in [2.24, 2.45) is 0 Å². The first-order valence-electron chi connectivity index (χ1n) is 15.8. The number of amides is 1. The molecule has 254 valence electrons. The van der Waals surface area contributed by atoms with E-state index in [2.05, 4.69) is 37.0 Å². The number of halogens is 2. The lowest BCUT2D eigenvalue weighted by Gasteiger charge is -2.46. The van der Waals surface area contributed by atoms with Gasteiger partial charge in [-0.25, -0.2) is 18.7 Å². The summed E-state index contributed by atoms with van der Waals surface area (Å²) in [6.45, 7) is 6.84. The van der Waals surface area contributed by atoms with Gasteiger partial charge >= 0.3 is 5.92 Å². The van der Waals surface area contributed by atoms with E-state index in [0.29, 0.717) is 34.8 Å². The average molecular weight is 665 g/mol. The number of anilines is 3. The number of nitrogens with zero attached hydrogens (tertiary/aromatic N) is 7. The Morgan fingerprint density at radius 3 is 2.65 bits per heavy atom. The molecule has 3 fully saturated rings. The van der Waals surface area contributed by atoms with Gasteiger partial charge in [-0.05, 0) is 44.2 Å². The Kier molecular flexibility index (Phi) is 9.58. The van der Waals surface area contributed by atoms with Crippen molar-refractivity contribution >= 4 is 23.2 Å². The van der Waals surface area contributed by atoms with E-state index in [-0.39, 0.29) is 30.3 Å². The van der Waals surface area contributed by atoms with E-state index in [1.165, 1.54) is 25.4 Å². The Hall–Kier alpha value is -4.65. The number of aliphatic hydroxyl groups excluding tert-OH is 1. The van der Waals surface area contributed by atoms with Gasteiger partial charge in [-0.15, -0.1) is 0 Å². The molecule has 6 rings (SSSR count). The number of aliphatic hydroxyl groups is 1. The van der Waals surface area contributed by atoms with Crippen LogP contribution in [-0.2, 0) is 9.53 Å². The van der Waals surface area contributed by atoms with E-state index in [1.54, 1.807) is 19.2 Å². The van der Waals surface area contributed by atoms with Gasteiger partial charge in [0, 0.05) is 50.3 Å². The average Bonchev–Trinajstić information content (AvgIpc) is 3.04. The SMILES string of the molecule is COc1nc(Nc2cc(-c3ccc(O[C@H]4CCN(C(=O)[C@H](C)O)CC4(F)F)c(C#N)c3)ncn2)ccc1N1CCN(C2COC2)C[C@@H]1C. The molecule has 5 heterocycles. The van der Waals surface area contributed by atoms with Crippen molar-refractivity contribution in [3.8, 4) is 29.0 Å². The van der Waals surface area contributed by atoms with Gasteiger partial charge < -0.3 is 34.4 Å². The van der Waals surface area contributed by atoms with Crippen molar-refractivity contribution in [3.63, 3.8) is 0 Å². The monoisotopic (exact) mass is 664 g/mol. The first kappa shape index (κ1) is 33.3. The van der Waals surface area contributed by atoms with E-state index in [4.69, 9.17) is 14.2 Å². The summed E-state index contributed by atoms with van der Waals surface area (Å²) in [6.07, 6.45) is -1.71. The Morgan fingerprint density at radius 1 is 1.17 bits per heavy atom. The number of hydrogen-bond acceptors (Lipinski definition) is 12. The number of benzene rings is 1. The maximum Gasteiger partial charge on any atom is 0.301 e. The minimum absolute atomic E-state index is 0.00203. The van der Waals surface area contributed by atoms with Crippen LogP contribution in [0.5, 0.6) is 11.6 Å². The summed E-state index contributed by atoms with van der Waals surface area (Å²) in [7, 11) is 1.59. The number of hydrogen-bond donors (Lipinski definition) is 2. The molecular formula is C33H38F2N8O5. The van der Waals surface area contributed by atoms with Gasteiger partial charge in [0.1, 0.15) is 41.6 Å². The Morgan fingerprint density at radius 2 is 1.98 bits per heavy atom. The number of alkyl halides is 2. The van der Waals surface area contributed by atoms with Crippen LogP contribution in [0.25, 0.3) is 11.3 Å². The number of pyridine rings is 1. The summed E-state index contributed by atoms with van der Waals surface area (Å²) in [5, 5.41) is 22.5. The summed E-state index contributed by atoms with van der Waals surface area (Å²) in [6, 6.07) is 12.9. The molecule has 1 aromatic carbocycles. The van der Waals surface area contributed by atoms with Gasteiger partial charge in [0.05, 0.1) is 44.2 Å². The number of likely N-dealkylation sites (tertiary alicyclic amines) is 1. The van der Waals surface area contributed by atoms with Crippen molar-refractivity contribution in [1.82, 2.24) is 24.8 Å². The number of aromatic nitrogens is 3. The highest BCUT2D eigenvalue weighted by Gasteiger charge is 2.48. The van der Waals surface area contributed by atoms with Crippen LogP contribution in [0.2, 0.25) is 0 Å². The highest BCUT2D eigenvalue weighted by molar-refractivity contribution is 5.80. The third-order valence-electron chi connectivity index (χ3n) is 8.93. The lowest BCUT2D eigenvalue weighted by molar-refractivity contribution is -0.165. The van der Waals surface area contributed by atoms with E-state index < -0.39 is 30.6 Å². The molecule has 0 bridgehead atoms. The van der Waals surface area contributed by atoms with Crippen LogP contribution in [0.1, 0.15) is 25.8 Å². The number of ether oxygens (including phenoxy) is 3. The summed E-state index contributed by atoms with van der Waals surface area (Å²) < 4.78 is 46.6. The third-order valence-corrected chi connectivity index (χ3v) is 8.93. The van der Waals surface area contributed by atoms with Crippen molar-refractivity contribution < 1.29 is 32.9 Å². The zero-order chi connectivity index (χ0) is 34.0. The lowest BCUT2D eigenvalue weighted by Crippen LogP contribution is -2.59. The van der Waals surface area contributed by atoms with Crippen LogP contribution in [0.15, 0.2) is 42.7 Å². The number of rotatable bonds is 9. The van der Waals surface area contributed by atoms with Crippen molar-refractivity contribution in [3.05, 3.63) is 48.3 Å². The molecular weight excluding hydrogens is 626 g/mol. The largest absolute Gasteiger partial charge is 0.483 e. The fourth-order valence-electron chi connectivity index (χ4n) is 6.25. The summed E-state index contributed by atoms with van der Waals surface area (Å²) in [5.74, 6) is -2.69. The molecule has 0 radical (unpaired) electrons. The second-order valence-corrected chi connectivity index (χ2v) is 12.3. The van der Waals surface area contributed by atoms with Gasteiger partial charge in [0.25, 0.3) is 5.91 Å². The molecule has 0 aliphatic carbocycles. The fourth-order valence-corrected chi connectivity index (χ4v) is 6.25. The van der Waals surface area contributed by atoms with Crippen LogP contribution in [0, 0.1) is 11.3 Å². The van der Waals surface area contributed by atoms with E-state index >= 15 is 0 Å². The summed E-state index contributed by atoms with van der Waals surface area (Å²) >= 11 is 0. The minimum Gasteiger partial charge on any atom is -0.483 e. The van der Waals surface area contributed by atoms with E-state index in [1.807, 2.05) is 18.2 Å². The molecule has 2 N–H and O–H groups in total. The smallest absolute Gasteiger partial charge is 0.301 e. The molecule has 0 saturated carbocycles. The Bertz CT molecular complexity index is 1680. The standard InChI is InChI=1S/C33H38F2N8O5/c1-20-15-41(24-16-47-17-24)10-11-43(20)26-5-7-29(40-31(26)46-3)39-30-13-25(37-19-38-30)22-4-6-27(23(12-22)14-36)48-28-8-9-42(18-33(28,34)35)32(45)21(2)44/h4-7,12-13,19-21,24,28,44H,8-11,15-18H2,1-3H3,(H,37,38,39,40)/t20-,21-,28-/m0/s1. The number of piperazine rings is 1. The van der Waals surface area contributed by atoms with Gasteiger partial charge in [-0.1, -0.05) is 0 Å². The van der Waals surface area contributed by atoms with Gasteiger partial charge in [-0.3, -0.25) is 9.69 Å². The third kappa shape index (κ3) is 6.96. The molecule has 3 atom stereocenters. The molecule has 0 unspecified atom stereocenters. The molecule has 1 amide bonds. The molecule has 48 heavy (non-hydrogen) atoms. The van der Waals surface area contributed by atoms with Crippen molar-refractivity contribution in [2.45, 2.75) is 50.5 Å². The number of carbonyl (C=O) groups excluding carboxylic acids is 1. The zero-order valence-electron chi connectivity index (χ0n) is 27.0. The summed E-state index contributed by atoms with van der Waals surface area (Å²) in [5.41, 5.74) is 2.00. The number of methoxy groups -OCH3 is 1. The molecule has 3 aliphatic rings. The van der Waals surface area contributed by atoms with Crippen LogP contribution < -0.4 is 19.7 Å². The predicted molar refractivity (Wildman–Crippen MR) is 171 cm³/mol. The molecule has 3 aromatic rings. The number of nitrogens with one attached hydrogen (secondary N) is 1.